The molecule has 0 unspecified atom stereocenters. The number of aromatic nitrogens is 4. The van der Waals surface area contributed by atoms with E-state index in [0.29, 0.717) is 5.69 Å². The van der Waals surface area contributed by atoms with Crippen molar-refractivity contribution < 1.29 is 4.79 Å². The van der Waals surface area contributed by atoms with Gasteiger partial charge < -0.3 is 5.32 Å². The van der Waals surface area contributed by atoms with E-state index in [1.165, 1.54) is 11.6 Å². The van der Waals surface area contributed by atoms with Gasteiger partial charge >= 0.3 is 5.69 Å². The van der Waals surface area contributed by atoms with Gasteiger partial charge in [0.1, 0.15) is 5.65 Å². The van der Waals surface area contributed by atoms with Crippen LogP contribution in [0.15, 0.2) is 40.2 Å². The number of aromatic amines is 1. The summed E-state index contributed by atoms with van der Waals surface area (Å²) < 4.78 is 1.22. The Balaban J connectivity index is 2.12. The highest BCUT2D eigenvalue weighted by Crippen LogP contribution is 2.22. The Bertz CT molecular complexity index is 1120. The number of pyridine rings is 2. The smallest absolute Gasteiger partial charge is 0.329 e. The molecule has 3 rings (SSSR count). The molecule has 2 N–H and O–H groups in total. The molecule has 3 heterocycles. The molecule has 140 valence electrons. The quantitative estimate of drug-likeness (QED) is 0.725. The molecule has 0 bridgehead atoms. The maximum absolute atomic E-state index is 13.0. The van der Waals surface area contributed by atoms with Gasteiger partial charge in [-0.15, -0.1) is 0 Å². The van der Waals surface area contributed by atoms with Crippen LogP contribution in [-0.2, 0) is 7.05 Å². The van der Waals surface area contributed by atoms with Gasteiger partial charge in [0.2, 0.25) is 0 Å². The van der Waals surface area contributed by atoms with Gasteiger partial charge in [0.15, 0.2) is 0 Å². The fraction of sp³-hybridized carbons (Fsp3) is 0.316. The fourth-order valence-electron chi connectivity index (χ4n) is 3.06. The largest absolute Gasteiger partial charge is 0.345 e. The SMILES string of the molecule is Cc1cc(C(=O)N[C@@H](c2cccnc2)C(C)C)c2c(=O)[nH]c(=O)n(C)c2n1. The van der Waals surface area contributed by atoms with Crippen molar-refractivity contribution in [1.82, 2.24) is 24.8 Å². The van der Waals surface area contributed by atoms with Gasteiger partial charge in [0.05, 0.1) is 17.0 Å². The zero-order valence-electron chi connectivity index (χ0n) is 15.6. The summed E-state index contributed by atoms with van der Waals surface area (Å²) >= 11 is 0. The minimum atomic E-state index is -0.631. The zero-order valence-corrected chi connectivity index (χ0v) is 15.6. The Labute approximate surface area is 155 Å². The van der Waals surface area contributed by atoms with Crippen LogP contribution in [0.1, 0.15) is 41.5 Å². The number of nitrogens with zero attached hydrogens (tertiary/aromatic N) is 3. The average Bonchev–Trinajstić information content (AvgIpc) is 2.63. The molecule has 1 atom stereocenters. The van der Waals surface area contributed by atoms with Crippen LogP contribution in [0.4, 0.5) is 0 Å². The summed E-state index contributed by atoms with van der Waals surface area (Å²) in [5.74, 6) is -0.299. The van der Waals surface area contributed by atoms with E-state index in [-0.39, 0.29) is 28.6 Å². The lowest BCUT2D eigenvalue weighted by Crippen LogP contribution is -2.34. The van der Waals surface area contributed by atoms with Crippen molar-refractivity contribution in [1.29, 1.82) is 0 Å². The van der Waals surface area contributed by atoms with Crippen molar-refractivity contribution in [2.45, 2.75) is 26.8 Å². The Morgan fingerprint density at radius 3 is 2.67 bits per heavy atom. The maximum atomic E-state index is 13.0. The second-order valence-electron chi connectivity index (χ2n) is 6.81. The van der Waals surface area contributed by atoms with E-state index in [1.807, 2.05) is 26.0 Å². The third kappa shape index (κ3) is 3.51. The molecule has 27 heavy (non-hydrogen) atoms. The second kappa shape index (κ2) is 7.14. The number of H-pyrrole nitrogens is 1. The van der Waals surface area contributed by atoms with Gasteiger partial charge in [-0.05, 0) is 30.5 Å². The van der Waals surface area contributed by atoms with Gasteiger partial charge in [-0.25, -0.2) is 9.78 Å². The van der Waals surface area contributed by atoms with E-state index >= 15 is 0 Å². The molecule has 0 spiro atoms. The first-order chi connectivity index (χ1) is 12.8. The lowest BCUT2D eigenvalue weighted by atomic mass is 9.97. The van der Waals surface area contributed by atoms with Crippen molar-refractivity contribution >= 4 is 16.9 Å². The molecule has 0 aromatic carbocycles. The van der Waals surface area contributed by atoms with E-state index in [4.69, 9.17) is 0 Å². The van der Waals surface area contributed by atoms with Crippen LogP contribution >= 0.6 is 0 Å². The summed E-state index contributed by atoms with van der Waals surface area (Å²) in [7, 11) is 1.50. The first kappa shape index (κ1) is 18.5. The molecule has 1 amide bonds. The topological polar surface area (TPSA) is 110 Å². The number of carbonyl (C=O) groups excluding carboxylic acids is 1. The molecule has 8 heteroatoms. The summed E-state index contributed by atoms with van der Waals surface area (Å²) in [4.78, 5) is 47.9. The number of nitrogens with one attached hydrogen (secondary N) is 2. The summed E-state index contributed by atoms with van der Waals surface area (Å²) in [6, 6.07) is 4.98. The minimum Gasteiger partial charge on any atom is -0.345 e. The molecule has 0 aliphatic carbocycles. The van der Waals surface area contributed by atoms with Crippen LogP contribution in [0, 0.1) is 12.8 Å². The minimum absolute atomic E-state index is 0.0916. The Morgan fingerprint density at radius 2 is 2.04 bits per heavy atom. The predicted molar refractivity (Wildman–Crippen MR) is 102 cm³/mol. The number of amides is 1. The lowest BCUT2D eigenvalue weighted by Gasteiger charge is -2.23. The van der Waals surface area contributed by atoms with Crippen LogP contribution in [-0.4, -0.2) is 25.4 Å². The van der Waals surface area contributed by atoms with Crippen LogP contribution in [0.3, 0.4) is 0 Å². The first-order valence-corrected chi connectivity index (χ1v) is 8.61. The molecular weight excluding hydrogens is 346 g/mol. The normalized spacial score (nSPS) is 12.3. The Kier molecular flexibility index (Phi) is 4.89. The van der Waals surface area contributed by atoms with Crippen molar-refractivity contribution in [3.8, 4) is 0 Å². The molecule has 0 saturated heterocycles. The number of hydrogen-bond donors (Lipinski definition) is 2. The summed E-state index contributed by atoms with van der Waals surface area (Å²) in [6.07, 6.45) is 3.37. The van der Waals surface area contributed by atoms with Crippen LogP contribution in [0.2, 0.25) is 0 Å². The van der Waals surface area contributed by atoms with Crippen molar-refractivity contribution in [2.75, 3.05) is 0 Å². The van der Waals surface area contributed by atoms with Crippen molar-refractivity contribution in [2.24, 2.45) is 13.0 Å². The van der Waals surface area contributed by atoms with Gasteiger partial charge in [-0.2, -0.15) is 0 Å². The van der Waals surface area contributed by atoms with Crippen LogP contribution in [0.25, 0.3) is 11.0 Å². The summed E-state index contributed by atoms with van der Waals surface area (Å²) in [5.41, 5.74) is 0.564. The van der Waals surface area contributed by atoms with Crippen molar-refractivity contribution in [3.05, 3.63) is 68.3 Å². The highest BCUT2D eigenvalue weighted by atomic mass is 16.2. The first-order valence-electron chi connectivity index (χ1n) is 8.61. The number of rotatable bonds is 4. The van der Waals surface area contributed by atoms with Gasteiger partial charge in [-0.1, -0.05) is 19.9 Å². The van der Waals surface area contributed by atoms with Gasteiger partial charge in [0, 0.05) is 25.1 Å². The molecule has 3 aromatic rings. The predicted octanol–water partition coefficient (Wildman–Crippen LogP) is 1.45. The highest BCUT2D eigenvalue weighted by molar-refractivity contribution is 6.05. The molecule has 3 aromatic heterocycles. The Morgan fingerprint density at radius 1 is 1.30 bits per heavy atom. The third-order valence-electron chi connectivity index (χ3n) is 4.44. The fourth-order valence-corrected chi connectivity index (χ4v) is 3.06. The number of carbonyl (C=O) groups is 1. The molecule has 8 nitrogen and oxygen atoms in total. The summed E-state index contributed by atoms with van der Waals surface area (Å²) in [6.45, 7) is 5.69. The van der Waals surface area contributed by atoms with E-state index < -0.39 is 17.2 Å². The van der Waals surface area contributed by atoms with Gasteiger partial charge in [-0.3, -0.25) is 24.1 Å². The molecule has 0 saturated carbocycles. The van der Waals surface area contributed by atoms with E-state index in [1.54, 1.807) is 25.4 Å². The standard InChI is InChI=1S/C19H21N5O3/c1-10(2)15(12-6-5-7-20-9-12)22-17(25)13-8-11(3)21-16-14(13)18(26)23-19(27)24(16)4/h5-10,15H,1-4H3,(H,22,25)(H,23,26,27)/t15-/m1/s1. The van der Waals surface area contributed by atoms with E-state index in [9.17, 15) is 14.4 Å². The summed E-state index contributed by atoms with van der Waals surface area (Å²) in [5, 5.41) is 3.07. The highest BCUT2D eigenvalue weighted by Gasteiger charge is 2.23. The molecule has 0 radical (unpaired) electrons. The second-order valence-corrected chi connectivity index (χ2v) is 6.81. The van der Waals surface area contributed by atoms with Crippen LogP contribution in [0.5, 0.6) is 0 Å². The third-order valence-corrected chi connectivity index (χ3v) is 4.44. The van der Waals surface area contributed by atoms with Crippen molar-refractivity contribution in [3.63, 3.8) is 0 Å². The Hall–Kier alpha value is -3.29. The lowest BCUT2D eigenvalue weighted by molar-refractivity contribution is 0.0927. The molecule has 0 aliphatic heterocycles. The number of aryl methyl sites for hydroxylation is 2. The number of hydrogen-bond acceptors (Lipinski definition) is 5. The maximum Gasteiger partial charge on any atom is 0.329 e. The van der Waals surface area contributed by atoms with E-state index in [0.717, 1.165) is 5.56 Å². The molecule has 0 fully saturated rings. The molecular formula is C19H21N5O3. The van der Waals surface area contributed by atoms with Crippen LogP contribution < -0.4 is 16.6 Å². The molecule has 0 aliphatic rings. The number of fused-ring (bicyclic) bond motifs is 1. The van der Waals surface area contributed by atoms with Gasteiger partial charge in [0.25, 0.3) is 11.5 Å². The van der Waals surface area contributed by atoms with E-state index in [2.05, 4.69) is 20.3 Å². The monoisotopic (exact) mass is 367 g/mol. The average molecular weight is 367 g/mol. The zero-order chi connectivity index (χ0) is 19.7.